The fourth-order valence-corrected chi connectivity index (χ4v) is 4.72. The van der Waals surface area contributed by atoms with Crippen molar-refractivity contribution in [2.24, 2.45) is 11.3 Å². The van der Waals surface area contributed by atoms with Gasteiger partial charge in [-0.2, -0.15) is 0 Å². The molecule has 2 unspecified atom stereocenters. The molecule has 1 spiro atoms. The lowest BCUT2D eigenvalue weighted by Gasteiger charge is -2.37. The quantitative estimate of drug-likeness (QED) is 0.910. The van der Waals surface area contributed by atoms with E-state index in [1.54, 1.807) is 7.11 Å². The molecule has 2 saturated carbocycles. The minimum absolute atomic E-state index is 0. The first-order chi connectivity index (χ1) is 11.2. The Kier molecular flexibility index (Phi) is 5.07. The third-order valence-electron chi connectivity index (χ3n) is 6.11. The standard InChI is InChI=1S/C19H26N2O2.ClH/c1-23-17-7-3-2-6-14(17)16-13-20-10-11-21(16)18(22)15-12-19(15)8-4-5-9-19;/h2-3,6-7,15-16,20H,4-5,8-13H2,1H3;1H. The molecule has 1 aromatic rings. The molecule has 1 aliphatic heterocycles. The summed E-state index contributed by atoms with van der Waals surface area (Å²) in [5, 5.41) is 3.44. The normalized spacial score (nSPS) is 27.6. The van der Waals surface area contributed by atoms with Crippen molar-refractivity contribution in [3.63, 3.8) is 0 Å². The zero-order valence-corrected chi connectivity index (χ0v) is 15.1. The molecule has 1 heterocycles. The van der Waals surface area contributed by atoms with Crippen LogP contribution < -0.4 is 10.1 Å². The molecule has 5 heteroatoms. The number of para-hydroxylation sites is 1. The summed E-state index contributed by atoms with van der Waals surface area (Å²) in [6.07, 6.45) is 6.25. The van der Waals surface area contributed by atoms with Gasteiger partial charge in [-0.25, -0.2) is 0 Å². The molecule has 1 amide bonds. The van der Waals surface area contributed by atoms with Gasteiger partial charge in [-0.05, 0) is 30.7 Å². The lowest BCUT2D eigenvalue weighted by Crippen LogP contribution is -2.49. The van der Waals surface area contributed by atoms with Gasteiger partial charge in [0, 0.05) is 31.1 Å². The number of amides is 1. The summed E-state index contributed by atoms with van der Waals surface area (Å²) in [5.74, 6) is 1.54. The van der Waals surface area contributed by atoms with Crippen molar-refractivity contribution in [1.82, 2.24) is 10.2 Å². The number of nitrogens with zero attached hydrogens (tertiary/aromatic N) is 1. The van der Waals surface area contributed by atoms with Crippen LogP contribution in [0.2, 0.25) is 0 Å². The van der Waals surface area contributed by atoms with Gasteiger partial charge in [0.15, 0.2) is 0 Å². The Morgan fingerprint density at radius 3 is 2.79 bits per heavy atom. The Bertz CT molecular complexity index is 601. The van der Waals surface area contributed by atoms with Crippen molar-refractivity contribution < 1.29 is 9.53 Å². The molecule has 3 aliphatic rings. The van der Waals surface area contributed by atoms with Gasteiger partial charge in [0.25, 0.3) is 0 Å². The first kappa shape index (κ1) is 17.6. The van der Waals surface area contributed by atoms with Crippen LogP contribution in [0, 0.1) is 11.3 Å². The van der Waals surface area contributed by atoms with Crippen LogP contribution in [0.25, 0.3) is 0 Å². The number of methoxy groups -OCH3 is 1. The van der Waals surface area contributed by atoms with E-state index in [0.717, 1.165) is 37.4 Å². The van der Waals surface area contributed by atoms with Gasteiger partial charge in [0.2, 0.25) is 5.91 Å². The van der Waals surface area contributed by atoms with Gasteiger partial charge in [-0.15, -0.1) is 12.4 Å². The van der Waals surface area contributed by atoms with Crippen molar-refractivity contribution in [2.45, 2.75) is 38.1 Å². The number of benzene rings is 1. The molecule has 2 atom stereocenters. The number of carbonyl (C=O) groups is 1. The molecule has 2 aliphatic carbocycles. The summed E-state index contributed by atoms with van der Waals surface area (Å²) >= 11 is 0. The van der Waals surface area contributed by atoms with E-state index in [1.165, 1.54) is 25.7 Å². The van der Waals surface area contributed by atoms with Gasteiger partial charge in [-0.1, -0.05) is 31.0 Å². The number of ether oxygens (including phenoxy) is 1. The van der Waals surface area contributed by atoms with Crippen LogP contribution in [-0.2, 0) is 4.79 Å². The Labute approximate surface area is 150 Å². The minimum atomic E-state index is 0. The van der Waals surface area contributed by atoms with Crippen LogP contribution >= 0.6 is 12.4 Å². The Morgan fingerprint density at radius 2 is 2.04 bits per heavy atom. The van der Waals surface area contributed by atoms with Crippen LogP contribution in [0.15, 0.2) is 24.3 Å². The van der Waals surface area contributed by atoms with E-state index in [-0.39, 0.29) is 24.4 Å². The van der Waals surface area contributed by atoms with Crippen LogP contribution in [0.5, 0.6) is 5.75 Å². The zero-order chi connectivity index (χ0) is 15.9. The van der Waals surface area contributed by atoms with Gasteiger partial charge < -0.3 is 15.0 Å². The molecular formula is C19H27ClN2O2. The van der Waals surface area contributed by atoms with Crippen LogP contribution in [0.4, 0.5) is 0 Å². The van der Waals surface area contributed by atoms with E-state index in [2.05, 4.69) is 16.3 Å². The van der Waals surface area contributed by atoms with E-state index in [9.17, 15) is 4.79 Å². The summed E-state index contributed by atoms with van der Waals surface area (Å²) < 4.78 is 5.53. The van der Waals surface area contributed by atoms with E-state index in [1.807, 2.05) is 18.2 Å². The number of halogens is 1. The average Bonchev–Trinajstić information content (AvgIpc) is 3.10. The minimum Gasteiger partial charge on any atom is -0.496 e. The highest BCUT2D eigenvalue weighted by Gasteiger charge is 2.60. The maximum absolute atomic E-state index is 13.2. The molecular weight excluding hydrogens is 324 g/mol. The first-order valence-corrected chi connectivity index (χ1v) is 8.89. The molecule has 4 nitrogen and oxygen atoms in total. The zero-order valence-electron chi connectivity index (χ0n) is 14.3. The van der Waals surface area contributed by atoms with Crippen molar-refractivity contribution >= 4 is 18.3 Å². The van der Waals surface area contributed by atoms with E-state index in [4.69, 9.17) is 4.74 Å². The largest absolute Gasteiger partial charge is 0.496 e. The van der Waals surface area contributed by atoms with Gasteiger partial charge in [0.05, 0.1) is 13.2 Å². The molecule has 4 rings (SSSR count). The van der Waals surface area contributed by atoms with E-state index >= 15 is 0 Å². The molecule has 0 bridgehead atoms. The lowest BCUT2D eigenvalue weighted by atomic mass is 9.98. The van der Waals surface area contributed by atoms with E-state index in [0.29, 0.717) is 11.3 Å². The molecule has 0 radical (unpaired) electrons. The average molecular weight is 351 g/mol. The van der Waals surface area contributed by atoms with Crippen LogP contribution in [-0.4, -0.2) is 37.6 Å². The number of rotatable bonds is 3. The van der Waals surface area contributed by atoms with Gasteiger partial charge in [0.1, 0.15) is 5.75 Å². The second kappa shape index (κ2) is 6.93. The molecule has 132 valence electrons. The number of hydrogen-bond acceptors (Lipinski definition) is 3. The Balaban J connectivity index is 0.00000169. The van der Waals surface area contributed by atoms with Crippen molar-refractivity contribution in [3.8, 4) is 5.75 Å². The van der Waals surface area contributed by atoms with Gasteiger partial charge >= 0.3 is 0 Å². The number of carbonyl (C=O) groups excluding carboxylic acids is 1. The molecule has 1 saturated heterocycles. The summed E-state index contributed by atoms with van der Waals surface area (Å²) in [4.78, 5) is 15.3. The predicted molar refractivity (Wildman–Crippen MR) is 96.6 cm³/mol. The second-order valence-corrected chi connectivity index (χ2v) is 7.32. The topological polar surface area (TPSA) is 41.6 Å². The molecule has 0 aromatic heterocycles. The fourth-order valence-electron chi connectivity index (χ4n) is 4.72. The highest BCUT2D eigenvalue weighted by Crippen LogP contribution is 2.63. The Morgan fingerprint density at radius 1 is 1.29 bits per heavy atom. The van der Waals surface area contributed by atoms with E-state index < -0.39 is 0 Å². The first-order valence-electron chi connectivity index (χ1n) is 8.89. The Hall–Kier alpha value is -1.26. The third-order valence-corrected chi connectivity index (χ3v) is 6.11. The number of hydrogen-bond donors (Lipinski definition) is 1. The third kappa shape index (κ3) is 2.91. The summed E-state index contributed by atoms with van der Waals surface area (Å²) in [5.41, 5.74) is 1.49. The predicted octanol–water partition coefficient (Wildman–Crippen LogP) is 3.17. The maximum Gasteiger partial charge on any atom is 0.226 e. The van der Waals surface area contributed by atoms with Crippen molar-refractivity contribution in [2.75, 3.05) is 26.7 Å². The smallest absolute Gasteiger partial charge is 0.226 e. The highest BCUT2D eigenvalue weighted by molar-refractivity contribution is 5.85. The molecule has 3 fully saturated rings. The maximum atomic E-state index is 13.2. The molecule has 1 N–H and O–H groups in total. The SMILES string of the molecule is COc1ccccc1C1CNCCN1C(=O)C1CC12CCCC2.Cl. The number of nitrogens with one attached hydrogen (secondary N) is 1. The van der Waals surface area contributed by atoms with Crippen LogP contribution in [0.1, 0.15) is 43.7 Å². The fraction of sp³-hybridized carbons (Fsp3) is 0.632. The monoisotopic (exact) mass is 350 g/mol. The second-order valence-electron chi connectivity index (χ2n) is 7.32. The lowest BCUT2D eigenvalue weighted by molar-refractivity contribution is -0.136. The number of piperazine rings is 1. The van der Waals surface area contributed by atoms with Crippen LogP contribution in [0.3, 0.4) is 0 Å². The van der Waals surface area contributed by atoms with Crippen molar-refractivity contribution in [3.05, 3.63) is 29.8 Å². The summed E-state index contributed by atoms with van der Waals surface area (Å²) in [6.45, 7) is 2.50. The highest BCUT2D eigenvalue weighted by atomic mass is 35.5. The molecule has 1 aromatic carbocycles. The summed E-state index contributed by atoms with van der Waals surface area (Å²) in [7, 11) is 1.70. The van der Waals surface area contributed by atoms with Crippen molar-refractivity contribution in [1.29, 1.82) is 0 Å². The summed E-state index contributed by atoms with van der Waals surface area (Å²) in [6, 6.07) is 8.19. The molecule has 24 heavy (non-hydrogen) atoms. The van der Waals surface area contributed by atoms with Gasteiger partial charge in [-0.3, -0.25) is 4.79 Å².